The molecule has 1 unspecified atom stereocenters. The minimum Gasteiger partial charge on any atom is -0.354 e. The lowest BCUT2D eigenvalue weighted by molar-refractivity contribution is -0.129. The fourth-order valence-corrected chi connectivity index (χ4v) is 3.09. The third-order valence-electron chi connectivity index (χ3n) is 4.46. The molecule has 0 fully saturated rings. The van der Waals surface area contributed by atoms with Crippen molar-refractivity contribution >= 4 is 24.4 Å². The van der Waals surface area contributed by atoms with Crippen LogP contribution in [-0.4, -0.2) is 30.2 Å². The van der Waals surface area contributed by atoms with Crippen molar-refractivity contribution in [2.24, 2.45) is 0 Å². The van der Waals surface area contributed by atoms with Crippen molar-refractivity contribution < 1.29 is 9.59 Å². The average Bonchev–Trinajstić information content (AvgIpc) is 2.63. The molecule has 0 aromatic heterocycles. The molecule has 152 valence electrons. The summed E-state index contributed by atoms with van der Waals surface area (Å²) in [5, 5.41) is 5.82. The lowest BCUT2D eigenvalue weighted by Gasteiger charge is -2.17. The van der Waals surface area contributed by atoms with Gasteiger partial charge in [0.05, 0.1) is 0 Å². The van der Waals surface area contributed by atoms with Gasteiger partial charge in [-0.25, -0.2) is 0 Å². The molecule has 0 aliphatic heterocycles. The van der Waals surface area contributed by atoms with Crippen molar-refractivity contribution in [1.82, 2.24) is 10.6 Å². The third kappa shape index (κ3) is 15.3. The van der Waals surface area contributed by atoms with E-state index in [-0.39, 0.29) is 11.8 Å². The van der Waals surface area contributed by atoms with E-state index in [0.717, 1.165) is 32.1 Å². The van der Waals surface area contributed by atoms with Gasteiger partial charge in [0.15, 0.2) is 0 Å². The molecule has 0 aliphatic carbocycles. The average molecular weight is 385 g/mol. The maximum absolute atomic E-state index is 12.2. The number of allylic oxidation sites excluding steroid dienone is 1. The van der Waals surface area contributed by atoms with Gasteiger partial charge in [0.2, 0.25) is 11.8 Å². The molecule has 0 saturated heterocycles. The zero-order chi connectivity index (χ0) is 19.5. The van der Waals surface area contributed by atoms with Gasteiger partial charge in [-0.1, -0.05) is 57.9 Å². The highest BCUT2D eigenvalue weighted by Crippen LogP contribution is 2.09. The van der Waals surface area contributed by atoms with Crippen LogP contribution in [0.25, 0.3) is 0 Å². The summed E-state index contributed by atoms with van der Waals surface area (Å²) in [4.78, 5) is 24.3. The predicted octanol–water partition coefficient (Wildman–Crippen LogP) is 4.79. The molecule has 4 nitrogen and oxygen atoms in total. The Hall–Kier alpha value is -0.970. The summed E-state index contributed by atoms with van der Waals surface area (Å²) in [6.07, 6.45) is 15.4. The van der Waals surface area contributed by atoms with Crippen LogP contribution >= 0.6 is 12.6 Å². The van der Waals surface area contributed by atoms with Gasteiger partial charge in [-0.2, -0.15) is 12.6 Å². The number of amides is 2. The van der Waals surface area contributed by atoms with E-state index in [1.807, 2.05) is 6.08 Å². The van der Waals surface area contributed by atoms with E-state index in [2.05, 4.69) is 36.8 Å². The Morgan fingerprint density at radius 2 is 1.65 bits per heavy atom. The van der Waals surface area contributed by atoms with Crippen LogP contribution in [0, 0.1) is 0 Å². The molecule has 0 spiro atoms. The molecule has 0 bridgehead atoms. The molecule has 0 radical (unpaired) electrons. The molecule has 0 heterocycles. The Balaban J connectivity index is 3.88. The largest absolute Gasteiger partial charge is 0.354 e. The summed E-state index contributed by atoms with van der Waals surface area (Å²) >= 11 is 4.21. The molecule has 26 heavy (non-hydrogen) atoms. The first-order valence-electron chi connectivity index (χ1n) is 10.4. The highest BCUT2D eigenvalue weighted by molar-refractivity contribution is 7.80. The van der Waals surface area contributed by atoms with E-state index < -0.39 is 6.04 Å². The molecule has 2 N–H and O–H groups in total. The van der Waals surface area contributed by atoms with Crippen LogP contribution in [0.4, 0.5) is 0 Å². The highest BCUT2D eigenvalue weighted by Gasteiger charge is 2.19. The molecule has 1 atom stereocenters. The molecule has 0 aromatic carbocycles. The fraction of sp³-hybridized carbons (Fsp3) is 0.810. The molecular formula is C21H40N2O2S. The van der Waals surface area contributed by atoms with Crippen LogP contribution in [0.3, 0.4) is 0 Å². The first-order valence-corrected chi connectivity index (χ1v) is 11.1. The molecule has 2 amide bonds. The van der Waals surface area contributed by atoms with Crippen LogP contribution in [0.15, 0.2) is 12.7 Å². The van der Waals surface area contributed by atoms with Gasteiger partial charge >= 0.3 is 0 Å². The number of carbonyl (C=O) groups is 2. The van der Waals surface area contributed by atoms with Gasteiger partial charge in [0.25, 0.3) is 0 Å². The summed E-state index contributed by atoms with van der Waals surface area (Å²) in [7, 11) is 0. The van der Waals surface area contributed by atoms with Crippen molar-refractivity contribution in [2.45, 2.75) is 96.4 Å². The lowest BCUT2D eigenvalue weighted by atomic mass is 10.1. The van der Waals surface area contributed by atoms with Gasteiger partial charge < -0.3 is 10.6 Å². The van der Waals surface area contributed by atoms with E-state index in [1.165, 1.54) is 38.5 Å². The predicted molar refractivity (Wildman–Crippen MR) is 115 cm³/mol. The van der Waals surface area contributed by atoms with Crippen LogP contribution in [0.2, 0.25) is 0 Å². The molecule has 0 rings (SSSR count). The minimum absolute atomic E-state index is 0.0235. The summed E-state index contributed by atoms with van der Waals surface area (Å²) < 4.78 is 0. The van der Waals surface area contributed by atoms with E-state index in [0.29, 0.717) is 25.1 Å². The fourth-order valence-electron chi connectivity index (χ4n) is 2.83. The summed E-state index contributed by atoms with van der Waals surface area (Å²) in [5.41, 5.74) is 0. The normalized spacial score (nSPS) is 11.8. The zero-order valence-corrected chi connectivity index (χ0v) is 17.6. The van der Waals surface area contributed by atoms with Crippen molar-refractivity contribution in [3.63, 3.8) is 0 Å². The van der Waals surface area contributed by atoms with Crippen molar-refractivity contribution in [2.75, 3.05) is 12.3 Å². The number of thiol groups is 1. The monoisotopic (exact) mass is 384 g/mol. The third-order valence-corrected chi connectivity index (χ3v) is 4.72. The first kappa shape index (κ1) is 25.0. The molecule has 0 aromatic rings. The number of nitrogens with one attached hydrogen (secondary N) is 2. The molecule has 5 heteroatoms. The molecule has 0 saturated carbocycles. The number of hydrogen-bond acceptors (Lipinski definition) is 3. The Morgan fingerprint density at radius 3 is 2.31 bits per heavy atom. The van der Waals surface area contributed by atoms with E-state index in [4.69, 9.17) is 0 Å². The Morgan fingerprint density at radius 1 is 1.00 bits per heavy atom. The Bertz CT molecular complexity index is 375. The van der Waals surface area contributed by atoms with Crippen LogP contribution < -0.4 is 10.6 Å². The second kappa shape index (κ2) is 18.8. The van der Waals surface area contributed by atoms with Crippen LogP contribution in [-0.2, 0) is 9.59 Å². The Labute approximate surface area is 166 Å². The van der Waals surface area contributed by atoms with E-state index in [9.17, 15) is 9.59 Å². The highest BCUT2D eigenvalue weighted by atomic mass is 32.1. The smallest absolute Gasteiger partial charge is 0.242 e. The van der Waals surface area contributed by atoms with Gasteiger partial charge in [0, 0.05) is 13.0 Å². The van der Waals surface area contributed by atoms with Crippen molar-refractivity contribution in [3.05, 3.63) is 12.7 Å². The van der Waals surface area contributed by atoms with Crippen molar-refractivity contribution in [1.29, 1.82) is 0 Å². The SMILES string of the molecule is C=CCCCCCCCCC(=O)NC(CCS)C(=O)NCCCCCC. The summed E-state index contributed by atoms with van der Waals surface area (Å²) in [6, 6.07) is -0.454. The van der Waals surface area contributed by atoms with Gasteiger partial charge in [-0.3, -0.25) is 9.59 Å². The number of rotatable bonds is 18. The summed E-state index contributed by atoms with van der Waals surface area (Å²) in [5.74, 6) is 0.481. The second-order valence-electron chi connectivity index (χ2n) is 6.93. The molecular weight excluding hydrogens is 344 g/mol. The van der Waals surface area contributed by atoms with Crippen LogP contribution in [0.5, 0.6) is 0 Å². The van der Waals surface area contributed by atoms with Crippen molar-refractivity contribution in [3.8, 4) is 0 Å². The standard InChI is InChI=1S/C21H40N2O2S/c1-3-5-7-9-10-11-12-13-15-20(24)23-19(16-18-26)21(25)22-17-14-8-6-4-2/h3,19,26H,1,4-18H2,2H3,(H,22,25)(H,23,24). The maximum Gasteiger partial charge on any atom is 0.242 e. The zero-order valence-electron chi connectivity index (χ0n) is 16.7. The number of hydrogen-bond donors (Lipinski definition) is 3. The minimum atomic E-state index is -0.454. The van der Waals surface area contributed by atoms with E-state index >= 15 is 0 Å². The number of unbranched alkanes of at least 4 members (excludes halogenated alkanes) is 9. The molecule has 0 aliphatic rings. The van der Waals surface area contributed by atoms with E-state index in [1.54, 1.807) is 0 Å². The lowest BCUT2D eigenvalue weighted by Crippen LogP contribution is -2.47. The van der Waals surface area contributed by atoms with Gasteiger partial charge in [-0.15, -0.1) is 6.58 Å². The van der Waals surface area contributed by atoms with Crippen LogP contribution in [0.1, 0.15) is 90.4 Å². The summed E-state index contributed by atoms with van der Waals surface area (Å²) in [6.45, 7) is 6.58. The van der Waals surface area contributed by atoms with Gasteiger partial charge in [-0.05, 0) is 37.9 Å². The first-order chi connectivity index (χ1) is 12.7. The maximum atomic E-state index is 12.2. The quantitative estimate of drug-likeness (QED) is 0.181. The topological polar surface area (TPSA) is 58.2 Å². The van der Waals surface area contributed by atoms with Gasteiger partial charge in [0.1, 0.15) is 6.04 Å². The second-order valence-corrected chi connectivity index (χ2v) is 7.38. The Kier molecular flexibility index (Phi) is 18.1. The number of carbonyl (C=O) groups excluding carboxylic acids is 2.